The highest BCUT2D eigenvalue weighted by atomic mass is 15.1. The van der Waals surface area contributed by atoms with Crippen LogP contribution in [0.25, 0.3) is 0 Å². The van der Waals surface area contributed by atoms with Gasteiger partial charge in [-0.2, -0.15) is 5.10 Å². The van der Waals surface area contributed by atoms with Gasteiger partial charge in [-0.05, 0) is 32.9 Å². The minimum atomic E-state index is 0.130. The smallest absolute Gasteiger partial charge is 0.0535 e. The van der Waals surface area contributed by atoms with Gasteiger partial charge in [0.25, 0.3) is 0 Å². The summed E-state index contributed by atoms with van der Waals surface area (Å²) in [6, 6.07) is 0.671. The lowest BCUT2D eigenvalue weighted by Crippen LogP contribution is -2.39. The highest BCUT2D eigenvalue weighted by Gasteiger charge is 2.32. The molecule has 4 nitrogen and oxygen atoms in total. The molecule has 0 aromatic carbocycles. The summed E-state index contributed by atoms with van der Waals surface area (Å²) in [5, 5.41) is 10.9. The van der Waals surface area contributed by atoms with Crippen LogP contribution in [0.15, 0.2) is 6.20 Å². The fourth-order valence-electron chi connectivity index (χ4n) is 2.70. The summed E-state index contributed by atoms with van der Waals surface area (Å²) < 4.78 is 0. The first kappa shape index (κ1) is 14.5. The zero-order valence-electron chi connectivity index (χ0n) is 13.0. The highest BCUT2D eigenvalue weighted by molar-refractivity contribution is 5.23. The standard InChI is InChI=1S/C15H28N4/c1-15(2,3)14-12(9-17-18-14)8-16-10-13(19(4)5)11-6-7-11/h9,11,13,16H,6-8,10H2,1-5H3,(H,17,18)/t13-/m1/s1. The van der Waals surface area contributed by atoms with E-state index in [9.17, 15) is 0 Å². The number of likely N-dealkylation sites (N-methyl/N-ethyl adjacent to an activating group) is 1. The van der Waals surface area contributed by atoms with E-state index in [0.717, 1.165) is 19.0 Å². The number of hydrogen-bond donors (Lipinski definition) is 2. The molecule has 4 heteroatoms. The van der Waals surface area contributed by atoms with Gasteiger partial charge in [0.15, 0.2) is 0 Å². The number of nitrogens with one attached hydrogen (secondary N) is 2. The first-order valence-electron chi connectivity index (χ1n) is 7.29. The Morgan fingerprint density at radius 1 is 1.42 bits per heavy atom. The lowest BCUT2D eigenvalue weighted by molar-refractivity contribution is 0.255. The van der Waals surface area contributed by atoms with E-state index < -0.39 is 0 Å². The molecule has 2 N–H and O–H groups in total. The minimum Gasteiger partial charge on any atom is -0.311 e. The van der Waals surface area contributed by atoms with Crippen molar-refractivity contribution in [3.8, 4) is 0 Å². The van der Waals surface area contributed by atoms with Crippen LogP contribution < -0.4 is 5.32 Å². The highest BCUT2D eigenvalue weighted by Crippen LogP contribution is 2.34. The van der Waals surface area contributed by atoms with E-state index in [1.807, 2.05) is 6.20 Å². The lowest BCUT2D eigenvalue weighted by Gasteiger charge is -2.25. The largest absolute Gasteiger partial charge is 0.311 e. The Morgan fingerprint density at radius 3 is 2.63 bits per heavy atom. The molecule has 19 heavy (non-hydrogen) atoms. The van der Waals surface area contributed by atoms with Gasteiger partial charge in [-0.3, -0.25) is 5.10 Å². The predicted octanol–water partition coefficient (Wildman–Crippen LogP) is 2.14. The molecule has 0 radical (unpaired) electrons. The second-order valence-corrected chi connectivity index (χ2v) is 7.02. The van der Waals surface area contributed by atoms with Crippen LogP contribution in [-0.2, 0) is 12.0 Å². The Morgan fingerprint density at radius 2 is 2.11 bits per heavy atom. The Hall–Kier alpha value is -0.870. The van der Waals surface area contributed by atoms with Gasteiger partial charge in [-0.1, -0.05) is 20.8 Å². The van der Waals surface area contributed by atoms with E-state index in [0.29, 0.717) is 6.04 Å². The first-order chi connectivity index (χ1) is 8.89. The van der Waals surface area contributed by atoms with Gasteiger partial charge < -0.3 is 10.2 Å². The van der Waals surface area contributed by atoms with Gasteiger partial charge in [0.2, 0.25) is 0 Å². The van der Waals surface area contributed by atoms with E-state index in [2.05, 4.69) is 55.3 Å². The van der Waals surface area contributed by atoms with Crippen LogP contribution >= 0.6 is 0 Å². The normalized spacial score (nSPS) is 18.0. The van der Waals surface area contributed by atoms with Gasteiger partial charge in [0.05, 0.1) is 6.20 Å². The number of H-pyrrole nitrogens is 1. The number of hydrogen-bond acceptors (Lipinski definition) is 3. The van der Waals surface area contributed by atoms with Crippen LogP contribution in [0.1, 0.15) is 44.9 Å². The topological polar surface area (TPSA) is 44.0 Å². The van der Waals surface area contributed by atoms with Crippen LogP contribution in [-0.4, -0.2) is 41.8 Å². The van der Waals surface area contributed by atoms with Crippen molar-refractivity contribution in [3.05, 3.63) is 17.5 Å². The van der Waals surface area contributed by atoms with Crippen molar-refractivity contribution >= 4 is 0 Å². The van der Waals surface area contributed by atoms with Gasteiger partial charge in [-0.25, -0.2) is 0 Å². The van der Waals surface area contributed by atoms with Crippen LogP contribution in [0.4, 0.5) is 0 Å². The molecule has 0 saturated heterocycles. The summed E-state index contributed by atoms with van der Waals surface area (Å²) >= 11 is 0. The van der Waals surface area contributed by atoms with E-state index >= 15 is 0 Å². The maximum Gasteiger partial charge on any atom is 0.0535 e. The molecule has 1 aliphatic rings. The summed E-state index contributed by atoms with van der Waals surface area (Å²) in [7, 11) is 4.37. The summed E-state index contributed by atoms with van der Waals surface area (Å²) in [5.41, 5.74) is 2.67. The Balaban J connectivity index is 1.87. The average molecular weight is 264 g/mol. The molecule has 1 saturated carbocycles. The fourth-order valence-corrected chi connectivity index (χ4v) is 2.70. The van der Waals surface area contributed by atoms with Gasteiger partial charge >= 0.3 is 0 Å². The molecule has 0 spiro atoms. The summed E-state index contributed by atoms with van der Waals surface area (Å²) in [5.74, 6) is 0.897. The van der Waals surface area contributed by atoms with Crippen molar-refractivity contribution in [1.82, 2.24) is 20.4 Å². The maximum atomic E-state index is 4.19. The van der Waals surface area contributed by atoms with Crippen molar-refractivity contribution < 1.29 is 0 Å². The molecule has 0 unspecified atom stereocenters. The number of nitrogens with zero attached hydrogens (tertiary/aromatic N) is 2. The van der Waals surface area contributed by atoms with E-state index in [1.54, 1.807) is 0 Å². The monoisotopic (exact) mass is 264 g/mol. The predicted molar refractivity (Wildman–Crippen MR) is 79.2 cm³/mol. The Labute approximate surface area is 117 Å². The van der Waals surface area contributed by atoms with Gasteiger partial charge in [0, 0.05) is 35.8 Å². The zero-order valence-corrected chi connectivity index (χ0v) is 13.0. The average Bonchev–Trinajstić information content (AvgIpc) is 3.00. The summed E-state index contributed by atoms with van der Waals surface area (Å²) in [6.07, 6.45) is 4.74. The number of aromatic nitrogens is 2. The Bertz CT molecular complexity index is 397. The molecule has 1 heterocycles. The molecule has 1 aliphatic carbocycles. The van der Waals surface area contributed by atoms with Crippen molar-refractivity contribution in [2.45, 2.75) is 51.6 Å². The van der Waals surface area contributed by atoms with Gasteiger partial charge in [0.1, 0.15) is 0 Å². The third-order valence-electron chi connectivity index (χ3n) is 3.97. The summed E-state index contributed by atoms with van der Waals surface area (Å²) in [4.78, 5) is 2.35. The van der Waals surface area contributed by atoms with E-state index in [1.165, 1.54) is 24.1 Å². The number of rotatable bonds is 6. The third-order valence-corrected chi connectivity index (χ3v) is 3.97. The Kier molecular flexibility index (Phi) is 4.31. The van der Waals surface area contributed by atoms with Crippen molar-refractivity contribution in [3.63, 3.8) is 0 Å². The molecular formula is C15H28N4. The lowest BCUT2D eigenvalue weighted by atomic mass is 9.89. The molecular weight excluding hydrogens is 236 g/mol. The van der Waals surface area contributed by atoms with E-state index in [-0.39, 0.29) is 5.41 Å². The van der Waals surface area contributed by atoms with Crippen LogP contribution in [0, 0.1) is 5.92 Å². The molecule has 0 amide bonds. The molecule has 108 valence electrons. The summed E-state index contributed by atoms with van der Waals surface area (Å²) in [6.45, 7) is 8.62. The molecule has 1 aromatic heterocycles. The second-order valence-electron chi connectivity index (χ2n) is 7.02. The molecule has 0 bridgehead atoms. The fraction of sp³-hybridized carbons (Fsp3) is 0.800. The first-order valence-corrected chi connectivity index (χ1v) is 7.29. The molecule has 2 rings (SSSR count). The van der Waals surface area contributed by atoms with Crippen LogP contribution in [0.2, 0.25) is 0 Å². The second kappa shape index (κ2) is 5.63. The molecule has 1 fully saturated rings. The zero-order chi connectivity index (χ0) is 14.0. The minimum absolute atomic E-state index is 0.130. The van der Waals surface area contributed by atoms with E-state index in [4.69, 9.17) is 0 Å². The maximum absolute atomic E-state index is 4.19. The third kappa shape index (κ3) is 3.80. The molecule has 0 aliphatic heterocycles. The van der Waals surface area contributed by atoms with Crippen molar-refractivity contribution in [1.29, 1.82) is 0 Å². The molecule has 1 atom stereocenters. The van der Waals surface area contributed by atoms with Crippen molar-refractivity contribution in [2.24, 2.45) is 5.92 Å². The quantitative estimate of drug-likeness (QED) is 0.827. The SMILES string of the molecule is CN(C)[C@H](CNCc1cn[nH]c1C(C)(C)C)C1CC1. The van der Waals surface area contributed by atoms with Gasteiger partial charge in [-0.15, -0.1) is 0 Å². The van der Waals surface area contributed by atoms with Crippen LogP contribution in [0.5, 0.6) is 0 Å². The number of aromatic amines is 1. The van der Waals surface area contributed by atoms with Crippen molar-refractivity contribution in [2.75, 3.05) is 20.6 Å². The molecule has 1 aromatic rings. The van der Waals surface area contributed by atoms with Crippen LogP contribution in [0.3, 0.4) is 0 Å².